The van der Waals surface area contributed by atoms with E-state index in [9.17, 15) is 14.4 Å². The molecule has 1 aromatic rings. The van der Waals surface area contributed by atoms with Gasteiger partial charge in [-0.3, -0.25) is 14.5 Å². The van der Waals surface area contributed by atoms with Crippen LogP contribution in [0, 0.1) is 0 Å². The molecule has 0 radical (unpaired) electrons. The molecular formula is C21H27N3O5. The molecule has 2 fully saturated rings. The maximum Gasteiger partial charge on any atom is 0.325 e. The Kier molecular flexibility index (Phi) is 5.34. The standard InChI is InChI=1S/C21H27N3O5/c1-21(14-9-10-16-17(11-14)29-13-28-16)19(26)24(20(27)23-21)12-18(25)22-15-7-5-3-2-4-6-8-15/h9-11,15H,2-8,12-13H2,1H3,(H,22,25)(H,23,27)/t21-/m0/s1. The van der Waals surface area contributed by atoms with Crippen molar-refractivity contribution < 1.29 is 23.9 Å². The average Bonchev–Trinajstić information content (AvgIpc) is 3.22. The van der Waals surface area contributed by atoms with Gasteiger partial charge in [-0.05, 0) is 37.5 Å². The number of amides is 4. The Labute approximate surface area is 169 Å². The van der Waals surface area contributed by atoms with Crippen molar-refractivity contribution in [2.75, 3.05) is 13.3 Å². The van der Waals surface area contributed by atoms with Crippen LogP contribution in [0.25, 0.3) is 0 Å². The fraction of sp³-hybridized carbons (Fsp3) is 0.571. The van der Waals surface area contributed by atoms with E-state index in [1.807, 2.05) is 0 Å². The summed E-state index contributed by atoms with van der Waals surface area (Å²) in [7, 11) is 0. The Hall–Kier alpha value is -2.77. The van der Waals surface area contributed by atoms with Crippen molar-refractivity contribution in [2.24, 2.45) is 0 Å². The van der Waals surface area contributed by atoms with Crippen LogP contribution in [0.3, 0.4) is 0 Å². The highest BCUT2D eigenvalue weighted by Gasteiger charge is 2.50. The second-order valence-electron chi connectivity index (χ2n) is 8.12. The first-order valence-electron chi connectivity index (χ1n) is 10.3. The Bertz CT molecular complexity index is 819. The smallest absolute Gasteiger partial charge is 0.325 e. The molecule has 0 unspecified atom stereocenters. The molecule has 1 saturated heterocycles. The minimum atomic E-state index is -1.25. The normalized spacial score (nSPS) is 24.8. The topological polar surface area (TPSA) is 97.0 Å². The summed E-state index contributed by atoms with van der Waals surface area (Å²) in [6, 6.07) is 4.68. The van der Waals surface area contributed by atoms with E-state index in [1.54, 1.807) is 25.1 Å². The van der Waals surface area contributed by atoms with Gasteiger partial charge in [0.1, 0.15) is 12.1 Å². The van der Waals surface area contributed by atoms with Gasteiger partial charge in [-0.15, -0.1) is 0 Å². The molecule has 2 aliphatic heterocycles. The lowest BCUT2D eigenvalue weighted by Crippen LogP contribution is -2.45. The van der Waals surface area contributed by atoms with E-state index in [1.165, 1.54) is 19.3 Å². The van der Waals surface area contributed by atoms with Gasteiger partial charge in [0.05, 0.1) is 0 Å². The van der Waals surface area contributed by atoms with Crippen molar-refractivity contribution in [3.8, 4) is 11.5 Å². The largest absolute Gasteiger partial charge is 0.454 e. The van der Waals surface area contributed by atoms with Gasteiger partial charge < -0.3 is 20.1 Å². The lowest BCUT2D eigenvalue weighted by Gasteiger charge is -2.23. The first-order chi connectivity index (χ1) is 14.0. The molecule has 1 saturated carbocycles. The molecule has 156 valence electrons. The molecule has 29 heavy (non-hydrogen) atoms. The number of carbonyl (C=O) groups is 3. The quantitative estimate of drug-likeness (QED) is 0.755. The second-order valence-corrected chi connectivity index (χ2v) is 8.12. The number of benzene rings is 1. The number of nitrogens with one attached hydrogen (secondary N) is 2. The van der Waals surface area contributed by atoms with Gasteiger partial charge in [0.15, 0.2) is 11.5 Å². The molecule has 2 heterocycles. The van der Waals surface area contributed by atoms with Crippen LogP contribution in [0.1, 0.15) is 57.4 Å². The summed E-state index contributed by atoms with van der Waals surface area (Å²) in [5.41, 5.74) is -0.665. The number of nitrogens with zero attached hydrogens (tertiary/aromatic N) is 1. The van der Waals surface area contributed by atoms with Gasteiger partial charge in [0.25, 0.3) is 5.91 Å². The molecule has 4 amide bonds. The number of imide groups is 1. The Morgan fingerprint density at radius 1 is 1.14 bits per heavy atom. The fourth-order valence-electron chi connectivity index (χ4n) is 4.26. The summed E-state index contributed by atoms with van der Waals surface area (Å²) < 4.78 is 10.7. The van der Waals surface area contributed by atoms with Crippen LogP contribution in [0.5, 0.6) is 11.5 Å². The molecule has 0 aromatic heterocycles. The monoisotopic (exact) mass is 401 g/mol. The number of carbonyl (C=O) groups excluding carboxylic acids is 3. The summed E-state index contributed by atoms with van der Waals surface area (Å²) in [5.74, 6) is 0.388. The highest BCUT2D eigenvalue weighted by Crippen LogP contribution is 2.37. The third kappa shape index (κ3) is 3.88. The summed E-state index contributed by atoms with van der Waals surface area (Å²) >= 11 is 0. The number of rotatable bonds is 4. The molecule has 4 rings (SSSR count). The minimum absolute atomic E-state index is 0.115. The van der Waals surface area contributed by atoms with Crippen molar-refractivity contribution in [3.63, 3.8) is 0 Å². The number of hydrogen-bond acceptors (Lipinski definition) is 5. The van der Waals surface area contributed by atoms with Crippen molar-refractivity contribution in [1.29, 1.82) is 0 Å². The van der Waals surface area contributed by atoms with Crippen LogP contribution in [0.2, 0.25) is 0 Å². The molecule has 0 bridgehead atoms. The Morgan fingerprint density at radius 3 is 2.59 bits per heavy atom. The molecule has 3 aliphatic rings. The molecule has 8 heteroatoms. The molecule has 8 nitrogen and oxygen atoms in total. The highest BCUT2D eigenvalue weighted by molar-refractivity contribution is 6.09. The van der Waals surface area contributed by atoms with Gasteiger partial charge in [-0.2, -0.15) is 0 Å². The van der Waals surface area contributed by atoms with Crippen LogP contribution < -0.4 is 20.1 Å². The van der Waals surface area contributed by atoms with Gasteiger partial charge in [0, 0.05) is 6.04 Å². The van der Waals surface area contributed by atoms with Crippen molar-refractivity contribution in [3.05, 3.63) is 23.8 Å². The van der Waals surface area contributed by atoms with E-state index in [0.29, 0.717) is 17.1 Å². The third-order valence-corrected chi connectivity index (χ3v) is 6.00. The van der Waals surface area contributed by atoms with E-state index in [-0.39, 0.29) is 25.3 Å². The summed E-state index contributed by atoms with van der Waals surface area (Å²) in [6.45, 7) is 1.49. The summed E-state index contributed by atoms with van der Waals surface area (Å²) in [6.07, 6.45) is 7.70. The van der Waals surface area contributed by atoms with E-state index in [2.05, 4.69) is 10.6 Å². The number of urea groups is 1. The summed E-state index contributed by atoms with van der Waals surface area (Å²) in [5, 5.41) is 5.73. The van der Waals surface area contributed by atoms with Gasteiger partial charge in [-0.1, -0.05) is 38.2 Å². The van der Waals surface area contributed by atoms with E-state index >= 15 is 0 Å². The maximum atomic E-state index is 13.1. The zero-order valence-corrected chi connectivity index (χ0v) is 16.7. The third-order valence-electron chi connectivity index (χ3n) is 6.00. The predicted octanol–water partition coefficient (Wildman–Crippen LogP) is 2.41. The zero-order chi connectivity index (χ0) is 20.4. The molecule has 1 atom stereocenters. The van der Waals surface area contributed by atoms with E-state index in [4.69, 9.17) is 9.47 Å². The molecule has 1 aliphatic carbocycles. The number of ether oxygens (including phenoxy) is 2. The van der Waals surface area contributed by atoms with E-state index < -0.39 is 17.5 Å². The van der Waals surface area contributed by atoms with Crippen LogP contribution >= 0.6 is 0 Å². The van der Waals surface area contributed by atoms with Crippen LogP contribution in [-0.2, 0) is 15.1 Å². The lowest BCUT2D eigenvalue weighted by molar-refractivity contribution is -0.135. The molecular weight excluding hydrogens is 374 g/mol. The van der Waals surface area contributed by atoms with Crippen molar-refractivity contribution >= 4 is 17.8 Å². The molecule has 0 spiro atoms. The maximum absolute atomic E-state index is 13.1. The number of hydrogen-bond donors (Lipinski definition) is 2. The highest BCUT2D eigenvalue weighted by atomic mass is 16.7. The van der Waals surface area contributed by atoms with Crippen molar-refractivity contribution in [1.82, 2.24) is 15.5 Å². The molecule has 2 N–H and O–H groups in total. The zero-order valence-electron chi connectivity index (χ0n) is 16.7. The van der Waals surface area contributed by atoms with Crippen LogP contribution in [-0.4, -0.2) is 42.1 Å². The first-order valence-corrected chi connectivity index (χ1v) is 10.3. The Balaban J connectivity index is 1.43. The molecule has 1 aromatic carbocycles. The van der Waals surface area contributed by atoms with Gasteiger partial charge in [0.2, 0.25) is 12.7 Å². The summed E-state index contributed by atoms with van der Waals surface area (Å²) in [4.78, 5) is 39.1. The van der Waals surface area contributed by atoms with Crippen LogP contribution in [0.4, 0.5) is 4.79 Å². The number of fused-ring (bicyclic) bond motifs is 1. The lowest BCUT2D eigenvalue weighted by atomic mass is 9.91. The van der Waals surface area contributed by atoms with Crippen LogP contribution in [0.15, 0.2) is 18.2 Å². The Morgan fingerprint density at radius 2 is 1.83 bits per heavy atom. The van der Waals surface area contributed by atoms with Crippen molar-refractivity contribution in [2.45, 2.75) is 63.5 Å². The van der Waals surface area contributed by atoms with E-state index in [0.717, 1.165) is 30.6 Å². The first kappa shape index (κ1) is 19.5. The fourth-order valence-corrected chi connectivity index (χ4v) is 4.26. The minimum Gasteiger partial charge on any atom is -0.454 e. The average molecular weight is 401 g/mol. The second kappa shape index (κ2) is 7.93. The predicted molar refractivity (Wildman–Crippen MR) is 104 cm³/mol. The van der Waals surface area contributed by atoms with Gasteiger partial charge in [-0.25, -0.2) is 4.79 Å². The van der Waals surface area contributed by atoms with Gasteiger partial charge >= 0.3 is 6.03 Å². The SMILES string of the molecule is C[C@@]1(c2ccc3c(c2)OCO3)NC(=O)N(CC(=O)NC2CCCCCCC2)C1=O.